The van der Waals surface area contributed by atoms with Gasteiger partial charge in [0.25, 0.3) is 5.91 Å². The van der Waals surface area contributed by atoms with Gasteiger partial charge in [-0.15, -0.1) is 0 Å². The Bertz CT molecular complexity index is 260. The molecule has 94 valence electrons. The zero-order chi connectivity index (χ0) is 12.4. The number of hydrogen-bond donors (Lipinski definition) is 2. The second-order valence-corrected chi connectivity index (χ2v) is 3.64. The van der Waals surface area contributed by atoms with Crippen LogP contribution in [0, 0.1) is 5.92 Å². The third-order valence-corrected chi connectivity index (χ3v) is 2.35. The summed E-state index contributed by atoms with van der Waals surface area (Å²) in [5.41, 5.74) is 0. The van der Waals surface area contributed by atoms with Gasteiger partial charge in [-0.2, -0.15) is 22.0 Å². The molecular weight excluding hydrogens is 235 g/mol. The van der Waals surface area contributed by atoms with E-state index in [9.17, 15) is 26.7 Å². The number of halogens is 5. The molecular formula is C8H11F5N2O. The van der Waals surface area contributed by atoms with E-state index in [1.807, 2.05) is 0 Å². The van der Waals surface area contributed by atoms with E-state index in [1.165, 1.54) is 0 Å². The van der Waals surface area contributed by atoms with Gasteiger partial charge in [0.1, 0.15) is 0 Å². The summed E-state index contributed by atoms with van der Waals surface area (Å²) in [6.45, 7) is 1.02. The predicted molar refractivity (Wildman–Crippen MR) is 45.0 cm³/mol. The van der Waals surface area contributed by atoms with Crippen molar-refractivity contribution in [2.45, 2.75) is 18.5 Å². The summed E-state index contributed by atoms with van der Waals surface area (Å²) >= 11 is 0. The summed E-state index contributed by atoms with van der Waals surface area (Å²) in [5.74, 6) is -7.70. The van der Waals surface area contributed by atoms with Crippen LogP contribution in [0.4, 0.5) is 22.0 Å². The average molecular weight is 246 g/mol. The first-order valence-electron chi connectivity index (χ1n) is 4.68. The first kappa shape index (κ1) is 13.1. The lowest BCUT2D eigenvalue weighted by Gasteiger charge is -2.19. The summed E-state index contributed by atoms with van der Waals surface area (Å²) in [6, 6.07) is 0. The van der Waals surface area contributed by atoms with Gasteiger partial charge < -0.3 is 10.6 Å². The highest BCUT2D eigenvalue weighted by molar-refractivity contribution is 5.84. The highest BCUT2D eigenvalue weighted by Crippen LogP contribution is 2.35. The molecule has 0 aromatic carbocycles. The molecule has 2 N–H and O–H groups in total. The molecule has 0 aliphatic carbocycles. The molecule has 1 atom stereocenters. The molecule has 1 fully saturated rings. The average Bonchev–Trinajstić information content (AvgIpc) is 2.64. The molecule has 16 heavy (non-hydrogen) atoms. The van der Waals surface area contributed by atoms with Crippen molar-refractivity contribution >= 4 is 5.91 Å². The quantitative estimate of drug-likeness (QED) is 0.727. The van der Waals surface area contributed by atoms with Gasteiger partial charge in [0.2, 0.25) is 0 Å². The van der Waals surface area contributed by atoms with Crippen molar-refractivity contribution in [1.29, 1.82) is 0 Å². The number of hydrogen-bond acceptors (Lipinski definition) is 2. The molecule has 1 unspecified atom stereocenters. The van der Waals surface area contributed by atoms with Crippen molar-refractivity contribution in [3.63, 3.8) is 0 Å². The number of rotatable bonds is 3. The minimum atomic E-state index is -5.84. The van der Waals surface area contributed by atoms with Crippen molar-refractivity contribution < 1.29 is 26.7 Å². The number of carbonyl (C=O) groups excluding carboxylic acids is 1. The molecule has 0 radical (unpaired) electrons. The highest BCUT2D eigenvalue weighted by atomic mass is 19.4. The van der Waals surface area contributed by atoms with Crippen LogP contribution >= 0.6 is 0 Å². The van der Waals surface area contributed by atoms with E-state index in [4.69, 9.17) is 0 Å². The fraction of sp³-hybridized carbons (Fsp3) is 0.875. The van der Waals surface area contributed by atoms with Gasteiger partial charge in [-0.05, 0) is 25.4 Å². The van der Waals surface area contributed by atoms with Gasteiger partial charge in [0, 0.05) is 6.54 Å². The normalized spacial score (nSPS) is 22.2. The third-order valence-electron chi connectivity index (χ3n) is 2.35. The largest absolute Gasteiger partial charge is 0.463 e. The first-order valence-corrected chi connectivity index (χ1v) is 4.68. The number of carbonyl (C=O) groups is 1. The Morgan fingerprint density at radius 1 is 1.31 bits per heavy atom. The molecule has 0 aromatic heterocycles. The lowest BCUT2D eigenvalue weighted by Crippen LogP contribution is -2.51. The molecule has 0 bridgehead atoms. The first-order chi connectivity index (χ1) is 7.25. The lowest BCUT2D eigenvalue weighted by atomic mass is 10.1. The Labute approximate surface area is 88.4 Å². The van der Waals surface area contributed by atoms with Crippen LogP contribution in [0.5, 0.6) is 0 Å². The molecule has 1 aliphatic rings. The van der Waals surface area contributed by atoms with Gasteiger partial charge in [0.15, 0.2) is 0 Å². The van der Waals surface area contributed by atoms with E-state index in [0.29, 0.717) is 19.5 Å². The van der Waals surface area contributed by atoms with Gasteiger partial charge in [-0.3, -0.25) is 4.79 Å². The number of alkyl halides is 5. The molecule has 0 spiro atoms. The van der Waals surface area contributed by atoms with Crippen molar-refractivity contribution in [3.05, 3.63) is 0 Å². The van der Waals surface area contributed by atoms with Crippen LogP contribution in [0.15, 0.2) is 0 Å². The Morgan fingerprint density at radius 2 is 1.94 bits per heavy atom. The minimum absolute atomic E-state index is 0.0898. The Kier molecular flexibility index (Phi) is 3.72. The van der Waals surface area contributed by atoms with E-state index in [-0.39, 0.29) is 12.5 Å². The van der Waals surface area contributed by atoms with Gasteiger partial charge in [-0.25, -0.2) is 0 Å². The topological polar surface area (TPSA) is 41.1 Å². The van der Waals surface area contributed by atoms with E-state index < -0.39 is 18.0 Å². The van der Waals surface area contributed by atoms with Crippen molar-refractivity contribution in [2.75, 3.05) is 19.6 Å². The van der Waals surface area contributed by atoms with Crippen LogP contribution in [-0.2, 0) is 4.79 Å². The summed E-state index contributed by atoms with van der Waals surface area (Å²) in [6.07, 6.45) is -5.19. The maximum absolute atomic E-state index is 12.4. The van der Waals surface area contributed by atoms with Gasteiger partial charge in [0.05, 0.1) is 0 Å². The van der Waals surface area contributed by atoms with E-state index in [0.717, 1.165) is 0 Å². The van der Waals surface area contributed by atoms with Crippen LogP contribution in [0.25, 0.3) is 0 Å². The molecule has 1 saturated heterocycles. The Hall–Kier alpha value is -0.920. The van der Waals surface area contributed by atoms with E-state index >= 15 is 0 Å². The van der Waals surface area contributed by atoms with Gasteiger partial charge in [-0.1, -0.05) is 0 Å². The van der Waals surface area contributed by atoms with Crippen molar-refractivity contribution in [1.82, 2.24) is 10.6 Å². The monoisotopic (exact) mass is 246 g/mol. The minimum Gasteiger partial charge on any atom is -0.350 e. The second-order valence-electron chi connectivity index (χ2n) is 3.64. The van der Waals surface area contributed by atoms with E-state index in [2.05, 4.69) is 5.32 Å². The Balaban J connectivity index is 2.45. The van der Waals surface area contributed by atoms with Crippen LogP contribution in [0.3, 0.4) is 0 Å². The molecule has 8 heteroatoms. The predicted octanol–water partition coefficient (Wildman–Crippen LogP) is 0.910. The van der Waals surface area contributed by atoms with E-state index in [1.54, 1.807) is 5.32 Å². The van der Waals surface area contributed by atoms with Crippen LogP contribution in [-0.4, -0.2) is 37.6 Å². The third kappa shape index (κ3) is 2.81. The smallest absolute Gasteiger partial charge is 0.350 e. The fourth-order valence-electron chi connectivity index (χ4n) is 1.37. The maximum atomic E-state index is 12.4. The summed E-state index contributed by atoms with van der Waals surface area (Å²) in [5, 5.41) is 4.53. The van der Waals surface area contributed by atoms with Gasteiger partial charge >= 0.3 is 12.1 Å². The summed E-state index contributed by atoms with van der Waals surface area (Å²) in [4.78, 5) is 10.7. The zero-order valence-electron chi connectivity index (χ0n) is 8.20. The molecule has 0 aromatic rings. The standard InChI is InChI=1S/C8H11F5N2O/c9-7(10,8(11,12)13)6(16)15-4-5-1-2-14-3-5/h5,14H,1-4H2,(H,15,16). The van der Waals surface area contributed by atoms with Crippen LogP contribution < -0.4 is 10.6 Å². The zero-order valence-corrected chi connectivity index (χ0v) is 8.20. The second kappa shape index (κ2) is 4.52. The highest BCUT2D eigenvalue weighted by Gasteiger charge is 2.63. The SMILES string of the molecule is O=C(NCC1CCNC1)C(F)(F)C(F)(F)F. The molecule has 1 rings (SSSR count). The molecule has 0 saturated carbocycles. The molecule has 1 heterocycles. The van der Waals surface area contributed by atoms with Crippen molar-refractivity contribution in [2.24, 2.45) is 5.92 Å². The maximum Gasteiger partial charge on any atom is 0.463 e. The lowest BCUT2D eigenvalue weighted by molar-refractivity contribution is -0.269. The molecule has 3 nitrogen and oxygen atoms in total. The molecule has 1 aliphatic heterocycles. The summed E-state index contributed by atoms with van der Waals surface area (Å²) in [7, 11) is 0. The fourth-order valence-corrected chi connectivity index (χ4v) is 1.37. The Morgan fingerprint density at radius 3 is 2.38 bits per heavy atom. The van der Waals surface area contributed by atoms with Crippen LogP contribution in [0.2, 0.25) is 0 Å². The number of nitrogens with one attached hydrogen (secondary N) is 2. The summed E-state index contributed by atoms with van der Waals surface area (Å²) < 4.78 is 60.2. The number of amides is 1. The molecule has 1 amide bonds. The van der Waals surface area contributed by atoms with Crippen LogP contribution in [0.1, 0.15) is 6.42 Å². The van der Waals surface area contributed by atoms with Crippen molar-refractivity contribution in [3.8, 4) is 0 Å².